The van der Waals surface area contributed by atoms with Gasteiger partial charge in [-0.25, -0.2) is 0 Å². The molecule has 8 heteroatoms. The predicted molar refractivity (Wildman–Crippen MR) is 63.1 cm³/mol. The van der Waals surface area contributed by atoms with E-state index in [2.05, 4.69) is 26.2 Å². The maximum absolute atomic E-state index is 11.5. The summed E-state index contributed by atoms with van der Waals surface area (Å²) >= 11 is 14.5. The number of halogens is 3. The molecule has 0 aromatic carbocycles. The first-order valence-corrected chi connectivity index (χ1v) is 5.70. The fraction of sp³-hybridized carbons (Fsp3) is 0.250. The van der Waals surface area contributed by atoms with Crippen LogP contribution in [0.5, 0.6) is 0 Å². The van der Waals surface area contributed by atoms with Crippen molar-refractivity contribution in [1.29, 1.82) is 0 Å². The van der Waals surface area contributed by atoms with Gasteiger partial charge in [-0.05, 0) is 15.9 Å². The predicted octanol–water partition coefficient (Wildman–Crippen LogP) is 2.29. The van der Waals surface area contributed by atoms with Gasteiger partial charge in [0.25, 0.3) is 5.91 Å². The summed E-state index contributed by atoms with van der Waals surface area (Å²) in [4.78, 5) is 24.3. The summed E-state index contributed by atoms with van der Waals surface area (Å²) in [6.45, 7) is 0.0366. The van der Waals surface area contributed by atoms with E-state index in [9.17, 15) is 9.59 Å². The second kappa shape index (κ2) is 5.56. The number of H-pyrrole nitrogens is 1. The molecule has 1 aromatic rings. The zero-order valence-electron chi connectivity index (χ0n) is 7.81. The fourth-order valence-electron chi connectivity index (χ4n) is 0.953. The number of hydrogen-bond acceptors (Lipinski definition) is 2. The number of rotatable bonds is 4. The summed E-state index contributed by atoms with van der Waals surface area (Å²) < 4.78 is 0.354. The van der Waals surface area contributed by atoms with Crippen LogP contribution in [-0.4, -0.2) is 28.5 Å². The summed E-state index contributed by atoms with van der Waals surface area (Å²) in [6, 6.07) is 0. The number of amides is 1. The minimum atomic E-state index is -0.984. The van der Waals surface area contributed by atoms with Gasteiger partial charge >= 0.3 is 5.97 Å². The summed E-state index contributed by atoms with van der Waals surface area (Å²) in [5, 5.41) is 11.2. The first-order valence-electron chi connectivity index (χ1n) is 4.16. The van der Waals surface area contributed by atoms with E-state index in [1.54, 1.807) is 0 Å². The molecule has 0 saturated heterocycles. The van der Waals surface area contributed by atoms with Crippen LogP contribution in [0.3, 0.4) is 0 Å². The van der Waals surface area contributed by atoms with Crippen LogP contribution >= 0.6 is 39.1 Å². The van der Waals surface area contributed by atoms with E-state index in [4.69, 9.17) is 28.3 Å². The Morgan fingerprint density at radius 3 is 2.50 bits per heavy atom. The molecule has 88 valence electrons. The Hall–Kier alpha value is -0.720. The molecule has 0 aliphatic rings. The molecule has 0 unspecified atom stereocenters. The summed E-state index contributed by atoms with van der Waals surface area (Å²) in [5.74, 6) is -1.45. The molecular weight excluding hydrogens is 323 g/mol. The molecule has 0 atom stereocenters. The van der Waals surface area contributed by atoms with Crippen molar-refractivity contribution in [2.45, 2.75) is 6.42 Å². The molecular formula is C8H7BrCl2N2O3. The largest absolute Gasteiger partial charge is 0.481 e. The molecule has 0 spiro atoms. The summed E-state index contributed by atoms with van der Waals surface area (Å²) in [5.41, 5.74) is 0.167. The lowest BCUT2D eigenvalue weighted by atomic mass is 10.4. The van der Waals surface area contributed by atoms with Crippen LogP contribution in [0.4, 0.5) is 0 Å². The maximum atomic E-state index is 11.5. The van der Waals surface area contributed by atoms with Gasteiger partial charge in [0, 0.05) is 6.54 Å². The van der Waals surface area contributed by atoms with E-state index in [0.29, 0.717) is 4.47 Å². The molecule has 0 aliphatic carbocycles. The van der Waals surface area contributed by atoms with E-state index in [0.717, 1.165) is 0 Å². The van der Waals surface area contributed by atoms with Crippen molar-refractivity contribution in [3.63, 3.8) is 0 Å². The Kier molecular flexibility index (Phi) is 4.64. The van der Waals surface area contributed by atoms with Gasteiger partial charge in [0.05, 0.1) is 15.9 Å². The third-order valence-electron chi connectivity index (χ3n) is 1.69. The number of hydrogen-bond donors (Lipinski definition) is 3. The maximum Gasteiger partial charge on any atom is 0.305 e. The van der Waals surface area contributed by atoms with E-state index < -0.39 is 11.9 Å². The van der Waals surface area contributed by atoms with Gasteiger partial charge in [-0.1, -0.05) is 23.2 Å². The molecule has 0 fully saturated rings. The zero-order chi connectivity index (χ0) is 12.3. The highest BCUT2D eigenvalue weighted by atomic mass is 79.9. The van der Waals surface area contributed by atoms with E-state index >= 15 is 0 Å². The van der Waals surface area contributed by atoms with Crippen LogP contribution in [-0.2, 0) is 4.79 Å². The van der Waals surface area contributed by atoms with Gasteiger partial charge in [-0.15, -0.1) is 0 Å². The topological polar surface area (TPSA) is 82.2 Å². The normalized spacial score (nSPS) is 10.2. The third-order valence-corrected chi connectivity index (χ3v) is 3.47. The molecule has 0 aliphatic heterocycles. The number of aromatic amines is 1. The molecule has 0 bridgehead atoms. The second-order valence-corrected chi connectivity index (χ2v) is 4.39. The molecule has 5 nitrogen and oxygen atoms in total. The van der Waals surface area contributed by atoms with Gasteiger partial charge in [0.2, 0.25) is 0 Å². The minimum Gasteiger partial charge on any atom is -0.481 e. The lowest BCUT2D eigenvalue weighted by molar-refractivity contribution is -0.136. The van der Waals surface area contributed by atoms with Gasteiger partial charge in [0.15, 0.2) is 0 Å². The minimum absolute atomic E-state index is 0.0366. The van der Waals surface area contributed by atoms with Crippen molar-refractivity contribution < 1.29 is 14.7 Å². The van der Waals surface area contributed by atoms with Crippen molar-refractivity contribution >= 4 is 51.0 Å². The average molecular weight is 330 g/mol. The summed E-state index contributed by atoms with van der Waals surface area (Å²) in [7, 11) is 0. The highest BCUT2D eigenvalue weighted by Gasteiger charge is 2.18. The van der Waals surface area contributed by atoms with E-state index in [1.807, 2.05) is 0 Å². The van der Waals surface area contributed by atoms with Gasteiger partial charge in [-0.2, -0.15) is 0 Å². The fourth-order valence-corrected chi connectivity index (χ4v) is 1.88. The smallest absolute Gasteiger partial charge is 0.305 e. The molecule has 3 N–H and O–H groups in total. The summed E-state index contributed by atoms with van der Waals surface area (Å²) in [6.07, 6.45) is -0.147. The van der Waals surface area contributed by atoms with Crippen LogP contribution in [0.15, 0.2) is 4.47 Å². The number of carbonyl (C=O) groups excluding carboxylic acids is 1. The molecule has 1 amide bonds. The van der Waals surface area contributed by atoms with Crippen LogP contribution in [0.1, 0.15) is 16.9 Å². The Morgan fingerprint density at radius 1 is 1.44 bits per heavy atom. The number of nitrogens with one attached hydrogen (secondary N) is 2. The van der Waals surface area contributed by atoms with Crippen LogP contribution < -0.4 is 5.32 Å². The molecule has 1 heterocycles. The van der Waals surface area contributed by atoms with Gasteiger partial charge in [-0.3, -0.25) is 9.59 Å². The monoisotopic (exact) mass is 328 g/mol. The van der Waals surface area contributed by atoms with Crippen LogP contribution in [0, 0.1) is 0 Å². The van der Waals surface area contributed by atoms with Crippen molar-refractivity contribution in [1.82, 2.24) is 10.3 Å². The van der Waals surface area contributed by atoms with Gasteiger partial charge in [0.1, 0.15) is 10.8 Å². The first-order chi connectivity index (χ1) is 7.43. The number of aliphatic carboxylic acids is 1. The second-order valence-electron chi connectivity index (χ2n) is 2.84. The van der Waals surface area contributed by atoms with Gasteiger partial charge < -0.3 is 15.4 Å². The Bertz CT molecular complexity index is 433. The Labute approximate surface area is 109 Å². The Balaban J connectivity index is 2.66. The van der Waals surface area contributed by atoms with Crippen molar-refractivity contribution in [2.75, 3.05) is 6.54 Å². The first kappa shape index (κ1) is 13.3. The van der Waals surface area contributed by atoms with E-state index in [1.165, 1.54) is 0 Å². The van der Waals surface area contributed by atoms with E-state index in [-0.39, 0.29) is 28.8 Å². The molecule has 0 radical (unpaired) electrons. The SMILES string of the molecule is O=C(O)CCNC(=O)c1[nH]c(Cl)c(Cl)c1Br. The lowest BCUT2D eigenvalue weighted by Gasteiger charge is -2.01. The quantitative estimate of drug-likeness (QED) is 0.792. The number of carboxylic acids is 1. The van der Waals surface area contributed by atoms with Crippen molar-refractivity contribution in [3.8, 4) is 0 Å². The third kappa shape index (κ3) is 3.13. The zero-order valence-corrected chi connectivity index (χ0v) is 10.9. The number of carboxylic acid groups (broad SMARTS) is 1. The lowest BCUT2D eigenvalue weighted by Crippen LogP contribution is -2.26. The Morgan fingerprint density at radius 2 is 2.06 bits per heavy atom. The number of carbonyl (C=O) groups is 2. The highest BCUT2D eigenvalue weighted by Crippen LogP contribution is 2.32. The van der Waals surface area contributed by atoms with Crippen LogP contribution in [0.2, 0.25) is 10.2 Å². The molecule has 0 saturated carbocycles. The number of aromatic nitrogens is 1. The molecule has 16 heavy (non-hydrogen) atoms. The molecule has 1 rings (SSSR count). The standard InChI is InChI=1S/C8H7BrCl2N2O3/c9-4-5(10)7(11)13-6(4)8(16)12-2-1-3(14)15/h13H,1-2H2,(H,12,16)(H,14,15). The highest BCUT2D eigenvalue weighted by molar-refractivity contribution is 9.10. The van der Waals surface area contributed by atoms with Crippen LogP contribution in [0.25, 0.3) is 0 Å². The van der Waals surface area contributed by atoms with Crippen molar-refractivity contribution in [2.24, 2.45) is 0 Å². The molecule has 1 aromatic heterocycles. The van der Waals surface area contributed by atoms with Crippen molar-refractivity contribution in [3.05, 3.63) is 20.3 Å². The average Bonchev–Trinajstić information content (AvgIpc) is 2.45.